The number of rotatable bonds is 2. The average Bonchev–Trinajstić information content (AvgIpc) is 2.05. The van der Waals surface area contributed by atoms with Gasteiger partial charge in [0.1, 0.15) is 5.60 Å². The molecule has 0 aliphatic rings. The molecule has 1 aromatic rings. The molecule has 0 spiro atoms. The summed E-state index contributed by atoms with van der Waals surface area (Å²) in [5.74, 6) is -0.294. The maximum Gasteiger partial charge on any atom is 0.310 e. The number of hydrogen-bond acceptors (Lipinski definition) is 3. The molecule has 0 fully saturated rings. The molecule has 0 atom stereocenters. The van der Waals surface area contributed by atoms with Crippen LogP contribution in [0.15, 0.2) is 18.5 Å². The van der Waals surface area contributed by atoms with Crippen LogP contribution in [0.4, 0.5) is 0 Å². The van der Waals surface area contributed by atoms with Crippen LogP contribution in [-0.2, 0) is 16.0 Å². The van der Waals surface area contributed by atoms with Gasteiger partial charge < -0.3 is 4.74 Å². The number of pyridine rings is 1. The summed E-state index contributed by atoms with van der Waals surface area (Å²) in [6, 6.07) is 1.65. The maximum absolute atomic E-state index is 11.5. The van der Waals surface area contributed by atoms with E-state index in [4.69, 9.17) is 16.3 Å². The van der Waals surface area contributed by atoms with Crippen molar-refractivity contribution in [1.82, 2.24) is 4.98 Å². The minimum absolute atomic E-state index is 0.157. The summed E-state index contributed by atoms with van der Waals surface area (Å²) in [5, 5.41) is 0.538. The third-order valence-corrected chi connectivity index (χ3v) is 1.97. The van der Waals surface area contributed by atoms with Crippen LogP contribution in [0.2, 0.25) is 5.02 Å². The van der Waals surface area contributed by atoms with Crippen molar-refractivity contribution < 1.29 is 9.53 Å². The molecule has 0 N–H and O–H groups in total. The van der Waals surface area contributed by atoms with Crippen molar-refractivity contribution in [3.8, 4) is 0 Å². The van der Waals surface area contributed by atoms with E-state index in [2.05, 4.69) is 4.98 Å². The van der Waals surface area contributed by atoms with Crippen molar-refractivity contribution in [2.75, 3.05) is 0 Å². The molecule has 1 heterocycles. The van der Waals surface area contributed by atoms with Crippen LogP contribution < -0.4 is 0 Å². The summed E-state index contributed by atoms with van der Waals surface area (Å²) >= 11 is 5.89. The van der Waals surface area contributed by atoms with Gasteiger partial charge in [0.25, 0.3) is 0 Å². The molecular formula is C11H14ClNO2. The number of nitrogens with zero attached hydrogens (tertiary/aromatic N) is 1. The quantitative estimate of drug-likeness (QED) is 0.730. The Labute approximate surface area is 94.4 Å². The van der Waals surface area contributed by atoms with Crippen LogP contribution in [-0.4, -0.2) is 16.6 Å². The third-order valence-electron chi connectivity index (χ3n) is 1.60. The molecule has 0 saturated heterocycles. The number of ether oxygens (including phenoxy) is 1. The molecular weight excluding hydrogens is 214 g/mol. The largest absolute Gasteiger partial charge is 0.460 e. The summed E-state index contributed by atoms with van der Waals surface area (Å²) in [5.41, 5.74) is 0.222. The van der Waals surface area contributed by atoms with Crippen LogP contribution in [0, 0.1) is 0 Å². The second kappa shape index (κ2) is 4.62. The SMILES string of the molecule is CC(C)(C)OC(=O)Cc1cnccc1Cl. The summed E-state index contributed by atoms with van der Waals surface area (Å²) < 4.78 is 5.17. The highest BCUT2D eigenvalue weighted by molar-refractivity contribution is 6.31. The zero-order valence-electron chi connectivity index (χ0n) is 9.08. The highest BCUT2D eigenvalue weighted by Crippen LogP contribution is 2.16. The van der Waals surface area contributed by atoms with E-state index in [-0.39, 0.29) is 12.4 Å². The van der Waals surface area contributed by atoms with E-state index in [0.717, 1.165) is 0 Å². The monoisotopic (exact) mass is 227 g/mol. The first-order valence-electron chi connectivity index (χ1n) is 4.69. The second-order valence-corrected chi connectivity index (χ2v) is 4.64. The highest BCUT2D eigenvalue weighted by Gasteiger charge is 2.17. The smallest absolute Gasteiger partial charge is 0.310 e. The van der Waals surface area contributed by atoms with Gasteiger partial charge in [0.15, 0.2) is 0 Å². The zero-order valence-corrected chi connectivity index (χ0v) is 9.84. The van der Waals surface area contributed by atoms with Crippen molar-refractivity contribution in [2.45, 2.75) is 32.8 Å². The molecule has 1 aromatic heterocycles. The fraction of sp³-hybridized carbons (Fsp3) is 0.455. The number of halogens is 1. The first-order chi connectivity index (χ1) is 6.88. The molecule has 0 aliphatic heterocycles. The zero-order chi connectivity index (χ0) is 11.5. The van der Waals surface area contributed by atoms with Crippen molar-refractivity contribution in [2.24, 2.45) is 0 Å². The molecule has 0 unspecified atom stereocenters. The van der Waals surface area contributed by atoms with E-state index in [9.17, 15) is 4.79 Å². The van der Waals surface area contributed by atoms with Crippen LogP contribution in [0.1, 0.15) is 26.3 Å². The molecule has 0 saturated carbocycles. The molecule has 0 amide bonds. The van der Waals surface area contributed by atoms with E-state index in [1.807, 2.05) is 20.8 Å². The molecule has 0 aliphatic carbocycles. The van der Waals surface area contributed by atoms with E-state index >= 15 is 0 Å². The van der Waals surface area contributed by atoms with Crippen LogP contribution >= 0.6 is 11.6 Å². The molecule has 15 heavy (non-hydrogen) atoms. The van der Waals surface area contributed by atoms with E-state index < -0.39 is 5.60 Å². The number of aromatic nitrogens is 1. The molecule has 1 rings (SSSR count). The van der Waals surface area contributed by atoms with Gasteiger partial charge in [0.05, 0.1) is 6.42 Å². The van der Waals surface area contributed by atoms with Gasteiger partial charge in [-0.3, -0.25) is 9.78 Å². The average molecular weight is 228 g/mol. The minimum Gasteiger partial charge on any atom is -0.460 e. The number of hydrogen-bond donors (Lipinski definition) is 0. The number of carbonyl (C=O) groups excluding carboxylic acids is 1. The van der Waals surface area contributed by atoms with Gasteiger partial charge >= 0.3 is 5.97 Å². The predicted molar refractivity (Wildman–Crippen MR) is 58.8 cm³/mol. The summed E-state index contributed by atoms with van der Waals surface area (Å²) in [6.07, 6.45) is 3.32. The van der Waals surface area contributed by atoms with Gasteiger partial charge in [-0.15, -0.1) is 0 Å². The second-order valence-electron chi connectivity index (χ2n) is 4.23. The Kier molecular flexibility index (Phi) is 3.69. The molecule has 3 nitrogen and oxygen atoms in total. The minimum atomic E-state index is -0.466. The molecule has 4 heteroatoms. The van der Waals surface area contributed by atoms with E-state index in [1.54, 1.807) is 18.5 Å². The molecule has 0 aromatic carbocycles. The van der Waals surface area contributed by atoms with Crippen LogP contribution in [0.5, 0.6) is 0 Å². The summed E-state index contributed by atoms with van der Waals surface area (Å²) in [7, 11) is 0. The molecule has 0 bridgehead atoms. The molecule has 0 radical (unpaired) electrons. The van der Waals surface area contributed by atoms with Gasteiger partial charge in [-0.05, 0) is 26.8 Å². The standard InChI is InChI=1S/C11H14ClNO2/c1-11(2,3)15-10(14)6-8-7-13-5-4-9(8)12/h4-5,7H,6H2,1-3H3. The van der Waals surface area contributed by atoms with Crippen LogP contribution in [0.25, 0.3) is 0 Å². The van der Waals surface area contributed by atoms with Gasteiger partial charge in [0, 0.05) is 23.0 Å². The third kappa shape index (κ3) is 4.30. The van der Waals surface area contributed by atoms with Crippen LogP contribution in [0.3, 0.4) is 0 Å². The fourth-order valence-corrected chi connectivity index (χ4v) is 1.25. The maximum atomic E-state index is 11.5. The normalized spacial score (nSPS) is 11.2. The van der Waals surface area contributed by atoms with Crippen molar-refractivity contribution in [3.05, 3.63) is 29.0 Å². The van der Waals surface area contributed by atoms with Crippen molar-refractivity contribution in [1.29, 1.82) is 0 Å². The lowest BCUT2D eigenvalue weighted by Crippen LogP contribution is -2.25. The Hall–Kier alpha value is -1.09. The Morgan fingerprint density at radius 2 is 2.20 bits per heavy atom. The lowest BCUT2D eigenvalue weighted by atomic mass is 10.2. The van der Waals surface area contributed by atoms with Gasteiger partial charge in [0.2, 0.25) is 0 Å². The summed E-state index contributed by atoms with van der Waals surface area (Å²) in [6.45, 7) is 5.49. The predicted octanol–water partition coefficient (Wildman–Crippen LogP) is 2.62. The Bertz CT molecular complexity index is 358. The first kappa shape index (κ1) is 12.0. The van der Waals surface area contributed by atoms with Gasteiger partial charge in [-0.25, -0.2) is 0 Å². The van der Waals surface area contributed by atoms with Crippen molar-refractivity contribution in [3.63, 3.8) is 0 Å². The van der Waals surface area contributed by atoms with E-state index in [1.165, 1.54) is 0 Å². The van der Waals surface area contributed by atoms with E-state index in [0.29, 0.717) is 10.6 Å². The number of esters is 1. The topological polar surface area (TPSA) is 39.2 Å². The fourth-order valence-electron chi connectivity index (χ4n) is 1.07. The molecule has 82 valence electrons. The lowest BCUT2D eigenvalue weighted by molar-refractivity contribution is -0.153. The Balaban J connectivity index is 2.64. The lowest BCUT2D eigenvalue weighted by Gasteiger charge is -2.19. The Morgan fingerprint density at radius 3 is 2.73 bits per heavy atom. The van der Waals surface area contributed by atoms with Gasteiger partial charge in [-0.1, -0.05) is 11.6 Å². The van der Waals surface area contributed by atoms with Crippen molar-refractivity contribution >= 4 is 17.6 Å². The van der Waals surface area contributed by atoms with Gasteiger partial charge in [-0.2, -0.15) is 0 Å². The first-order valence-corrected chi connectivity index (χ1v) is 5.06. The Morgan fingerprint density at radius 1 is 1.53 bits per heavy atom. The number of carbonyl (C=O) groups is 1. The summed E-state index contributed by atoms with van der Waals surface area (Å²) in [4.78, 5) is 15.4. The highest BCUT2D eigenvalue weighted by atomic mass is 35.5.